The van der Waals surface area contributed by atoms with Crippen molar-refractivity contribution in [1.29, 1.82) is 0 Å². The maximum Gasteiger partial charge on any atom is 0.433 e. The van der Waals surface area contributed by atoms with Gasteiger partial charge in [0, 0.05) is 11.3 Å². The summed E-state index contributed by atoms with van der Waals surface area (Å²) in [5.74, 6) is 0.284. The third kappa shape index (κ3) is 2.64. The van der Waals surface area contributed by atoms with E-state index in [0.717, 1.165) is 6.07 Å². The van der Waals surface area contributed by atoms with Gasteiger partial charge in [-0.25, -0.2) is 14.4 Å². The van der Waals surface area contributed by atoms with Crippen LogP contribution in [0.4, 0.5) is 17.6 Å². The summed E-state index contributed by atoms with van der Waals surface area (Å²) in [7, 11) is 0. The Morgan fingerprint density at radius 2 is 1.93 bits per heavy atom. The molecule has 28 heavy (non-hydrogen) atoms. The Labute approximate surface area is 160 Å². The van der Waals surface area contributed by atoms with Gasteiger partial charge in [0.05, 0.1) is 22.4 Å². The zero-order valence-electron chi connectivity index (χ0n) is 14.1. The van der Waals surface area contributed by atoms with Crippen molar-refractivity contribution >= 4 is 33.7 Å². The number of hydrogen-bond donors (Lipinski definition) is 1. The second kappa shape index (κ2) is 5.91. The third-order valence-electron chi connectivity index (χ3n) is 5.01. The minimum absolute atomic E-state index is 0.0612. The van der Waals surface area contributed by atoms with E-state index in [1.807, 2.05) is 0 Å². The third-order valence-corrected chi connectivity index (χ3v) is 5.31. The van der Waals surface area contributed by atoms with Crippen LogP contribution in [0.15, 0.2) is 30.5 Å². The fraction of sp³-hybridized carbons (Fsp3) is 0.278. The molecule has 1 fully saturated rings. The molecule has 0 saturated heterocycles. The van der Waals surface area contributed by atoms with Crippen LogP contribution in [0, 0.1) is 0 Å². The summed E-state index contributed by atoms with van der Waals surface area (Å²) in [6, 6.07) is 5.53. The second-order valence-electron chi connectivity index (χ2n) is 6.87. The van der Waals surface area contributed by atoms with Crippen LogP contribution in [0.1, 0.15) is 30.3 Å². The number of nitrogens with zero attached hydrogens (tertiary/aromatic N) is 4. The highest BCUT2D eigenvalue weighted by molar-refractivity contribution is 6.35. The first-order chi connectivity index (χ1) is 13.3. The van der Waals surface area contributed by atoms with E-state index in [1.165, 1.54) is 6.07 Å². The summed E-state index contributed by atoms with van der Waals surface area (Å²) in [5.41, 5.74) is 0.484. The lowest BCUT2D eigenvalue weighted by Crippen LogP contribution is -2.25. The quantitative estimate of drug-likeness (QED) is 0.464. The minimum Gasteiger partial charge on any atom is -0.280 e. The van der Waals surface area contributed by atoms with E-state index in [9.17, 15) is 17.6 Å². The predicted octanol–water partition coefficient (Wildman–Crippen LogP) is 5.18. The van der Waals surface area contributed by atoms with Gasteiger partial charge in [0.1, 0.15) is 23.2 Å². The number of fused-ring (bicyclic) bond motifs is 2. The summed E-state index contributed by atoms with van der Waals surface area (Å²) in [4.78, 5) is 8.28. The van der Waals surface area contributed by atoms with E-state index in [4.69, 9.17) is 11.6 Å². The average molecular weight is 410 g/mol. The van der Waals surface area contributed by atoms with Gasteiger partial charge in [0.15, 0.2) is 5.65 Å². The van der Waals surface area contributed by atoms with Crippen LogP contribution in [0.2, 0.25) is 5.02 Å². The van der Waals surface area contributed by atoms with Crippen molar-refractivity contribution in [3.05, 3.63) is 47.0 Å². The van der Waals surface area contributed by atoms with Gasteiger partial charge in [-0.3, -0.25) is 9.67 Å². The number of pyridine rings is 1. The van der Waals surface area contributed by atoms with Crippen molar-refractivity contribution in [3.8, 4) is 5.69 Å². The van der Waals surface area contributed by atoms with E-state index in [0.29, 0.717) is 33.0 Å². The van der Waals surface area contributed by atoms with Crippen LogP contribution in [-0.4, -0.2) is 30.9 Å². The van der Waals surface area contributed by atoms with Gasteiger partial charge in [-0.15, -0.1) is 0 Å². The highest BCUT2D eigenvalue weighted by Gasteiger charge is 2.36. The highest BCUT2D eigenvalue weighted by Crippen LogP contribution is 2.41. The molecule has 0 radical (unpaired) electrons. The summed E-state index contributed by atoms with van der Waals surface area (Å²) >= 11 is 6.31. The normalized spacial score (nSPS) is 20.0. The molecule has 1 N–H and O–H groups in total. The van der Waals surface area contributed by atoms with Gasteiger partial charge >= 0.3 is 6.18 Å². The van der Waals surface area contributed by atoms with Crippen LogP contribution in [0.25, 0.3) is 27.8 Å². The topological polar surface area (TPSA) is 59.4 Å². The molecule has 0 amide bonds. The number of nitrogens with one attached hydrogen (secondary N) is 1. The molecule has 0 bridgehead atoms. The van der Waals surface area contributed by atoms with E-state index >= 15 is 0 Å². The molecular weight excluding hydrogens is 398 g/mol. The summed E-state index contributed by atoms with van der Waals surface area (Å²) < 4.78 is 54.6. The molecule has 5 rings (SSSR count). The molecule has 0 unspecified atom stereocenters. The Morgan fingerprint density at radius 1 is 1.14 bits per heavy atom. The maximum absolute atomic E-state index is 13.5. The molecule has 144 valence electrons. The molecule has 1 saturated carbocycles. The number of alkyl halides is 4. The first-order valence-electron chi connectivity index (χ1n) is 8.55. The Morgan fingerprint density at radius 3 is 2.64 bits per heavy atom. The van der Waals surface area contributed by atoms with Gasteiger partial charge in [-0.05, 0) is 37.1 Å². The number of imidazole rings is 1. The van der Waals surface area contributed by atoms with Crippen molar-refractivity contribution < 1.29 is 17.6 Å². The zero-order chi connectivity index (χ0) is 19.6. The fourth-order valence-corrected chi connectivity index (χ4v) is 3.81. The molecule has 0 aliphatic heterocycles. The standard InChI is InChI=1S/C18H12ClF4N5/c19-12-6-11(5-9-7-24-27-15(9)12)28-16(8-3-10(20)4-8)25-13-1-2-14(18(21,22)23)26-17(13)28/h1-2,5-8,10H,3-4H2,(H,24,27)/t8-,10-. The summed E-state index contributed by atoms with van der Waals surface area (Å²) in [6.45, 7) is 0. The lowest BCUT2D eigenvalue weighted by atomic mass is 9.83. The van der Waals surface area contributed by atoms with Crippen LogP contribution in [0.3, 0.4) is 0 Å². The number of rotatable bonds is 2. The van der Waals surface area contributed by atoms with Crippen molar-refractivity contribution in [2.75, 3.05) is 0 Å². The van der Waals surface area contributed by atoms with Crippen molar-refractivity contribution in [2.45, 2.75) is 31.1 Å². The monoisotopic (exact) mass is 409 g/mol. The van der Waals surface area contributed by atoms with Crippen molar-refractivity contribution in [1.82, 2.24) is 24.7 Å². The van der Waals surface area contributed by atoms with E-state index in [1.54, 1.807) is 22.9 Å². The number of aromatic amines is 1. The Bertz CT molecular complexity index is 1210. The van der Waals surface area contributed by atoms with Crippen LogP contribution in [0.5, 0.6) is 0 Å². The molecule has 0 atom stereocenters. The average Bonchev–Trinajstić information content (AvgIpc) is 3.21. The number of halogens is 5. The maximum atomic E-state index is 13.5. The lowest BCUT2D eigenvalue weighted by Gasteiger charge is -2.29. The first-order valence-corrected chi connectivity index (χ1v) is 8.92. The molecule has 3 aromatic heterocycles. The molecule has 3 heterocycles. The number of hydrogen-bond acceptors (Lipinski definition) is 3. The molecule has 10 heteroatoms. The number of benzene rings is 1. The predicted molar refractivity (Wildman–Crippen MR) is 95.4 cm³/mol. The second-order valence-corrected chi connectivity index (χ2v) is 7.28. The van der Waals surface area contributed by atoms with Gasteiger partial charge in [-0.2, -0.15) is 18.3 Å². The zero-order valence-corrected chi connectivity index (χ0v) is 14.9. The van der Waals surface area contributed by atoms with E-state index < -0.39 is 18.0 Å². The van der Waals surface area contributed by atoms with Crippen molar-refractivity contribution in [2.24, 2.45) is 0 Å². The molecule has 1 aromatic carbocycles. The summed E-state index contributed by atoms with van der Waals surface area (Å²) in [6.07, 6.45) is -3.40. The summed E-state index contributed by atoms with van der Waals surface area (Å²) in [5, 5.41) is 7.77. The van der Waals surface area contributed by atoms with Gasteiger partial charge in [0.25, 0.3) is 0 Å². The Balaban J connectivity index is 1.79. The van der Waals surface area contributed by atoms with Crippen LogP contribution in [-0.2, 0) is 6.18 Å². The Hall–Kier alpha value is -2.68. The first kappa shape index (κ1) is 17.4. The molecule has 5 nitrogen and oxygen atoms in total. The smallest absolute Gasteiger partial charge is 0.280 e. The molecular formula is C18H12ClF4N5. The van der Waals surface area contributed by atoms with Gasteiger partial charge in [-0.1, -0.05) is 11.6 Å². The molecule has 1 aliphatic rings. The van der Waals surface area contributed by atoms with Crippen molar-refractivity contribution in [3.63, 3.8) is 0 Å². The number of H-pyrrole nitrogens is 1. The molecule has 1 aliphatic carbocycles. The number of aromatic nitrogens is 5. The fourth-order valence-electron chi connectivity index (χ4n) is 3.55. The Kier molecular flexibility index (Phi) is 3.67. The van der Waals surface area contributed by atoms with E-state index in [-0.39, 0.29) is 24.4 Å². The van der Waals surface area contributed by atoms with Crippen LogP contribution < -0.4 is 0 Å². The SMILES string of the molecule is FC(F)(F)c1ccc2nc([C@H]3C[C@H](F)C3)n(-c3cc(Cl)c4[nH]ncc4c3)c2n1. The molecule has 0 spiro atoms. The lowest BCUT2D eigenvalue weighted by molar-refractivity contribution is -0.141. The minimum atomic E-state index is -4.59. The largest absolute Gasteiger partial charge is 0.433 e. The molecule has 4 aromatic rings. The van der Waals surface area contributed by atoms with Gasteiger partial charge in [0.2, 0.25) is 0 Å². The highest BCUT2D eigenvalue weighted by atomic mass is 35.5. The van der Waals surface area contributed by atoms with Gasteiger partial charge < -0.3 is 0 Å². The van der Waals surface area contributed by atoms with Crippen LogP contribution >= 0.6 is 11.6 Å². The van der Waals surface area contributed by atoms with E-state index in [2.05, 4.69) is 20.2 Å².